The van der Waals surface area contributed by atoms with Crippen molar-refractivity contribution in [3.8, 4) is 0 Å². The molecule has 4 heterocycles. The monoisotopic (exact) mass is 520 g/mol. The van der Waals surface area contributed by atoms with E-state index in [4.69, 9.17) is 5.73 Å². The highest BCUT2D eigenvalue weighted by Gasteiger charge is 2.45. The second-order valence-corrected chi connectivity index (χ2v) is 10.7. The lowest BCUT2D eigenvalue weighted by molar-refractivity contribution is -0.148. The number of benzene rings is 1. The van der Waals surface area contributed by atoms with E-state index in [9.17, 15) is 13.6 Å². The van der Waals surface area contributed by atoms with Crippen LogP contribution in [-0.4, -0.2) is 70.3 Å². The summed E-state index contributed by atoms with van der Waals surface area (Å²) >= 11 is 1.55. The average molecular weight is 521 g/mol. The molecule has 2 aromatic rings. The summed E-state index contributed by atoms with van der Waals surface area (Å²) in [6.07, 6.45) is 5.19. The Labute approximate surface area is 213 Å². The van der Waals surface area contributed by atoms with Gasteiger partial charge in [0.05, 0.1) is 11.4 Å². The molecule has 1 atom stereocenters. The molecule has 0 radical (unpaired) electrons. The Balaban J connectivity index is 1.18. The number of alkyl halides is 1. The third-order valence-electron chi connectivity index (χ3n) is 7.50. The molecule has 0 bridgehead atoms. The van der Waals surface area contributed by atoms with Crippen molar-refractivity contribution in [2.45, 2.75) is 49.4 Å². The average Bonchev–Trinajstić information content (AvgIpc) is 3.22. The van der Waals surface area contributed by atoms with Gasteiger partial charge in [0.2, 0.25) is 0 Å². The van der Waals surface area contributed by atoms with Crippen LogP contribution in [0.1, 0.15) is 31.2 Å². The Morgan fingerprint density at radius 2 is 1.86 bits per heavy atom. The van der Waals surface area contributed by atoms with E-state index in [2.05, 4.69) is 20.1 Å². The number of aromatic nitrogens is 1. The van der Waals surface area contributed by atoms with Crippen LogP contribution in [0.15, 0.2) is 30.5 Å². The van der Waals surface area contributed by atoms with Crippen LogP contribution in [-0.2, 0) is 11.3 Å². The molecule has 1 unspecified atom stereocenters. The van der Waals surface area contributed by atoms with Gasteiger partial charge in [-0.1, -0.05) is 0 Å². The molecule has 7 nitrogen and oxygen atoms in total. The highest BCUT2D eigenvalue weighted by Crippen LogP contribution is 2.42. The number of thioether (sulfide) groups is 1. The second-order valence-electron chi connectivity index (χ2n) is 9.78. The summed E-state index contributed by atoms with van der Waals surface area (Å²) in [5.74, 6) is -1.74. The molecule has 2 fully saturated rings. The molecule has 3 aliphatic rings. The number of nitrogens with zero attached hydrogens (tertiary/aromatic N) is 4. The van der Waals surface area contributed by atoms with Crippen LogP contribution >= 0.6 is 11.8 Å². The van der Waals surface area contributed by atoms with Crippen molar-refractivity contribution in [1.82, 2.24) is 14.8 Å². The van der Waals surface area contributed by atoms with E-state index in [-0.39, 0.29) is 24.4 Å². The molecular weight excluding hydrogens is 489 g/mol. The van der Waals surface area contributed by atoms with E-state index in [1.807, 2.05) is 18.4 Å². The molecule has 1 amide bonds. The number of anilines is 3. The fourth-order valence-corrected chi connectivity index (χ4v) is 6.27. The lowest BCUT2D eigenvalue weighted by atomic mass is 9.90. The van der Waals surface area contributed by atoms with Gasteiger partial charge in [0.25, 0.3) is 5.91 Å². The number of fused-ring (bicyclic) bond motifs is 1. The van der Waals surface area contributed by atoms with E-state index in [1.165, 1.54) is 12.1 Å². The minimum absolute atomic E-state index is 0.0373. The SMILES string of the molecule is CSC1Nc2cc(F)c(F)cc2N1C1CCN(C(=O)C2(F)CCN(Cc3ccnc(N)c3)CC2)CC1. The molecule has 11 heteroatoms. The molecule has 1 aromatic carbocycles. The minimum atomic E-state index is -1.86. The van der Waals surface area contributed by atoms with E-state index in [1.54, 1.807) is 22.9 Å². The van der Waals surface area contributed by atoms with Gasteiger partial charge in [0.1, 0.15) is 11.3 Å². The smallest absolute Gasteiger partial charge is 0.260 e. The van der Waals surface area contributed by atoms with Crippen LogP contribution in [0, 0.1) is 11.6 Å². The number of halogens is 3. The summed E-state index contributed by atoms with van der Waals surface area (Å²) in [7, 11) is 0. The number of hydrogen-bond acceptors (Lipinski definition) is 7. The van der Waals surface area contributed by atoms with Crippen LogP contribution in [0.5, 0.6) is 0 Å². The Hall–Kier alpha value is -2.66. The third kappa shape index (κ3) is 4.82. The Bertz CT molecular complexity index is 1120. The van der Waals surface area contributed by atoms with E-state index in [0.29, 0.717) is 62.8 Å². The van der Waals surface area contributed by atoms with Crippen LogP contribution < -0.4 is 16.0 Å². The number of pyridine rings is 1. The largest absolute Gasteiger partial charge is 0.384 e. The quantitative estimate of drug-likeness (QED) is 0.621. The van der Waals surface area contributed by atoms with Gasteiger partial charge in [-0.3, -0.25) is 9.69 Å². The maximum atomic E-state index is 15.8. The Morgan fingerprint density at radius 1 is 1.17 bits per heavy atom. The van der Waals surface area contributed by atoms with Crippen LogP contribution in [0.3, 0.4) is 0 Å². The number of likely N-dealkylation sites (tertiary alicyclic amines) is 2. The van der Waals surface area contributed by atoms with Crippen molar-refractivity contribution in [1.29, 1.82) is 0 Å². The van der Waals surface area contributed by atoms with E-state index in [0.717, 1.165) is 5.56 Å². The maximum absolute atomic E-state index is 15.8. The number of hydrogen-bond donors (Lipinski definition) is 2. The number of amides is 1. The molecule has 3 aliphatic heterocycles. The number of carbonyl (C=O) groups excluding carboxylic acids is 1. The minimum Gasteiger partial charge on any atom is -0.384 e. The van der Waals surface area contributed by atoms with Crippen molar-refractivity contribution in [2.24, 2.45) is 0 Å². The zero-order chi connectivity index (χ0) is 25.4. The predicted molar refractivity (Wildman–Crippen MR) is 136 cm³/mol. The molecule has 3 N–H and O–H groups in total. The van der Waals surface area contributed by atoms with Crippen molar-refractivity contribution in [3.63, 3.8) is 0 Å². The van der Waals surface area contributed by atoms with Crippen molar-refractivity contribution < 1.29 is 18.0 Å². The fourth-order valence-electron chi connectivity index (χ4n) is 5.52. The first-order chi connectivity index (χ1) is 17.3. The molecule has 0 saturated carbocycles. The second kappa shape index (κ2) is 10.0. The van der Waals surface area contributed by atoms with Gasteiger partial charge in [0.15, 0.2) is 17.3 Å². The van der Waals surface area contributed by atoms with Gasteiger partial charge >= 0.3 is 0 Å². The first-order valence-corrected chi connectivity index (χ1v) is 13.5. The molecule has 0 aliphatic carbocycles. The molecule has 0 spiro atoms. The van der Waals surface area contributed by atoms with E-state index >= 15 is 4.39 Å². The van der Waals surface area contributed by atoms with Crippen molar-refractivity contribution in [2.75, 3.05) is 48.4 Å². The lowest BCUT2D eigenvalue weighted by Gasteiger charge is -2.43. The first-order valence-electron chi connectivity index (χ1n) is 12.3. The molecule has 1 aromatic heterocycles. The van der Waals surface area contributed by atoms with Gasteiger partial charge in [-0.2, -0.15) is 0 Å². The van der Waals surface area contributed by atoms with Crippen LogP contribution in [0.25, 0.3) is 0 Å². The molecule has 5 rings (SSSR count). The summed E-state index contributed by atoms with van der Waals surface area (Å²) in [5, 5.41) is 3.24. The normalized spacial score (nSPS) is 22.4. The van der Waals surface area contributed by atoms with Gasteiger partial charge < -0.3 is 20.9 Å². The molecule has 2 saturated heterocycles. The number of nitrogens with one attached hydrogen (secondary N) is 1. The lowest BCUT2D eigenvalue weighted by Crippen LogP contribution is -2.56. The zero-order valence-electron chi connectivity index (χ0n) is 20.2. The summed E-state index contributed by atoms with van der Waals surface area (Å²) in [4.78, 5) is 23.0. The van der Waals surface area contributed by atoms with Gasteiger partial charge in [-0.15, -0.1) is 11.8 Å². The highest BCUT2D eigenvalue weighted by molar-refractivity contribution is 7.99. The number of rotatable bonds is 5. The Kier molecular flexibility index (Phi) is 6.95. The zero-order valence-corrected chi connectivity index (χ0v) is 21.0. The summed E-state index contributed by atoms with van der Waals surface area (Å²) in [6.45, 7) is 2.51. The third-order valence-corrected chi connectivity index (χ3v) is 8.29. The van der Waals surface area contributed by atoms with Gasteiger partial charge in [-0.25, -0.2) is 18.2 Å². The highest BCUT2D eigenvalue weighted by atomic mass is 32.2. The molecular formula is C25H31F3N6OS. The summed E-state index contributed by atoms with van der Waals surface area (Å²) in [5.41, 5.74) is 5.96. The van der Waals surface area contributed by atoms with E-state index < -0.39 is 23.2 Å². The predicted octanol–water partition coefficient (Wildman–Crippen LogP) is 3.82. The fraction of sp³-hybridized carbons (Fsp3) is 0.520. The molecule has 36 heavy (non-hydrogen) atoms. The summed E-state index contributed by atoms with van der Waals surface area (Å²) < 4.78 is 43.5. The van der Waals surface area contributed by atoms with Gasteiger partial charge in [0, 0.05) is 69.9 Å². The summed E-state index contributed by atoms with van der Waals surface area (Å²) in [6, 6.07) is 6.16. The number of nitrogens with two attached hydrogens (primary N) is 1. The first kappa shape index (κ1) is 25.0. The maximum Gasteiger partial charge on any atom is 0.260 e. The van der Waals surface area contributed by atoms with Crippen molar-refractivity contribution >= 4 is 34.9 Å². The number of piperidine rings is 2. The topological polar surface area (TPSA) is 77.7 Å². The van der Waals surface area contributed by atoms with Crippen LogP contribution in [0.2, 0.25) is 0 Å². The molecule has 194 valence electrons. The standard InChI is InChI=1S/C25H31F3N6OS/c1-36-24-31-20-13-18(26)19(27)14-21(20)34(24)17-3-8-33(9-4-17)23(35)25(28)5-10-32(11-6-25)15-16-2-7-30-22(29)12-16/h2,7,12-14,17,24,31H,3-6,8-11,15H2,1H3,(H2,29,30). The number of nitrogen functional groups attached to an aromatic ring is 1. The van der Waals surface area contributed by atoms with Gasteiger partial charge in [-0.05, 0) is 36.8 Å². The van der Waals surface area contributed by atoms with Crippen LogP contribution in [0.4, 0.5) is 30.4 Å². The Morgan fingerprint density at radius 3 is 2.53 bits per heavy atom. The van der Waals surface area contributed by atoms with Crippen molar-refractivity contribution in [3.05, 3.63) is 47.7 Å². The number of carbonyl (C=O) groups is 1.